The van der Waals surface area contributed by atoms with Crippen molar-refractivity contribution in [3.63, 3.8) is 0 Å². The van der Waals surface area contributed by atoms with Crippen molar-refractivity contribution in [3.8, 4) is 0 Å². The highest BCUT2D eigenvalue weighted by Gasteiger charge is 2.11. The fourth-order valence-corrected chi connectivity index (χ4v) is 1.94. The van der Waals surface area contributed by atoms with E-state index in [2.05, 4.69) is 29.2 Å². The lowest BCUT2D eigenvalue weighted by Gasteiger charge is -2.18. The Morgan fingerprint density at radius 1 is 1.19 bits per heavy atom. The molecular formula is C14H18N2. The monoisotopic (exact) mass is 214 g/mol. The van der Waals surface area contributed by atoms with Gasteiger partial charge in [0.15, 0.2) is 0 Å². The number of aromatic nitrogens is 1. The van der Waals surface area contributed by atoms with Gasteiger partial charge in [-0.2, -0.15) is 0 Å². The minimum Gasteiger partial charge on any atom is -0.325 e. The molecule has 2 heteroatoms. The fraction of sp³-hybridized carbons (Fsp3) is 0.357. The molecule has 0 unspecified atom stereocenters. The van der Waals surface area contributed by atoms with Gasteiger partial charge in [0, 0.05) is 22.8 Å². The maximum atomic E-state index is 6.02. The van der Waals surface area contributed by atoms with E-state index >= 15 is 0 Å². The number of nitrogens with two attached hydrogens (primary N) is 1. The average Bonchev–Trinajstić information content (AvgIpc) is 2.16. The van der Waals surface area contributed by atoms with E-state index in [1.807, 2.05) is 27.0 Å². The summed E-state index contributed by atoms with van der Waals surface area (Å²) in [5.41, 5.74) is 8.18. The molecule has 0 saturated heterocycles. The summed E-state index contributed by atoms with van der Waals surface area (Å²) in [6, 6.07) is 8.57. The molecule has 16 heavy (non-hydrogen) atoms. The van der Waals surface area contributed by atoms with Crippen molar-refractivity contribution in [2.24, 2.45) is 5.73 Å². The number of aryl methyl sites for hydroxylation is 1. The lowest BCUT2D eigenvalue weighted by molar-refractivity contribution is 0.517. The van der Waals surface area contributed by atoms with Crippen molar-refractivity contribution in [3.05, 3.63) is 41.7 Å². The average molecular weight is 214 g/mol. The Labute approximate surface area is 96.5 Å². The molecule has 0 aliphatic heterocycles. The molecule has 2 rings (SSSR count). The van der Waals surface area contributed by atoms with Crippen LogP contribution in [0, 0.1) is 6.92 Å². The third-order valence-corrected chi connectivity index (χ3v) is 2.58. The number of benzene rings is 1. The molecule has 0 aliphatic carbocycles. The van der Waals surface area contributed by atoms with Gasteiger partial charge in [0.25, 0.3) is 0 Å². The van der Waals surface area contributed by atoms with E-state index in [1.165, 1.54) is 16.3 Å². The maximum Gasteiger partial charge on any atom is 0.0379 e. The van der Waals surface area contributed by atoms with Gasteiger partial charge in [-0.05, 0) is 50.3 Å². The highest BCUT2D eigenvalue weighted by Crippen LogP contribution is 2.18. The molecule has 2 N–H and O–H groups in total. The number of rotatable bonds is 2. The molecule has 0 aliphatic rings. The van der Waals surface area contributed by atoms with Gasteiger partial charge in [-0.15, -0.1) is 0 Å². The van der Waals surface area contributed by atoms with E-state index in [0.717, 1.165) is 12.1 Å². The Balaban J connectivity index is 2.41. The van der Waals surface area contributed by atoms with E-state index < -0.39 is 0 Å². The Kier molecular flexibility index (Phi) is 2.68. The number of hydrogen-bond donors (Lipinski definition) is 1. The van der Waals surface area contributed by atoms with E-state index in [-0.39, 0.29) is 5.54 Å². The van der Waals surface area contributed by atoms with Crippen LogP contribution in [0.4, 0.5) is 0 Å². The predicted molar refractivity (Wildman–Crippen MR) is 68.5 cm³/mol. The Morgan fingerprint density at radius 3 is 2.62 bits per heavy atom. The van der Waals surface area contributed by atoms with Crippen molar-refractivity contribution in [2.45, 2.75) is 32.7 Å². The van der Waals surface area contributed by atoms with Gasteiger partial charge in [0.05, 0.1) is 0 Å². The second kappa shape index (κ2) is 3.87. The summed E-state index contributed by atoms with van der Waals surface area (Å²) in [5, 5.41) is 2.43. The molecule has 0 bridgehead atoms. The third-order valence-electron chi connectivity index (χ3n) is 2.58. The van der Waals surface area contributed by atoms with Crippen molar-refractivity contribution in [1.29, 1.82) is 0 Å². The summed E-state index contributed by atoms with van der Waals surface area (Å²) in [6.07, 6.45) is 2.81. The molecule has 1 aromatic heterocycles. The highest BCUT2D eigenvalue weighted by molar-refractivity contribution is 5.82. The standard InChI is InChI=1S/C14H18N2/c1-10-6-12-5-4-11(8-14(2,3)15)7-13(12)9-16-10/h4-7,9H,8,15H2,1-3H3. The fourth-order valence-electron chi connectivity index (χ4n) is 1.94. The summed E-state index contributed by atoms with van der Waals surface area (Å²) in [4.78, 5) is 4.31. The summed E-state index contributed by atoms with van der Waals surface area (Å²) in [7, 11) is 0. The van der Waals surface area contributed by atoms with Crippen LogP contribution in [0.2, 0.25) is 0 Å². The predicted octanol–water partition coefficient (Wildman–Crippen LogP) is 2.82. The first-order valence-corrected chi connectivity index (χ1v) is 5.58. The molecule has 0 atom stereocenters. The van der Waals surface area contributed by atoms with Gasteiger partial charge in [0.1, 0.15) is 0 Å². The molecule has 0 spiro atoms. The van der Waals surface area contributed by atoms with Crippen LogP contribution in [0.3, 0.4) is 0 Å². The Bertz CT molecular complexity index is 510. The zero-order valence-corrected chi connectivity index (χ0v) is 10.1. The Hall–Kier alpha value is -1.41. The molecule has 0 saturated carbocycles. The van der Waals surface area contributed by atoms with Crippen molar-refractivity contribution in [1.82, 2.24) is 4.98 Å². The van der Waals surface area contributed by atoms with Crippen molar-refractivity contribution >= 4 is 10.8 Å². The van der Waals surface area contributed by atoms with E-state index in [1.54, 1.807) is 0 Å². The van der Waals surface area contributed by atoms with E-state index in [0.29, 0.717) is 0 Å². The van der Waals surface area contributed by atoms with Crippen LogP contribution < -0.4 is 5.73 Å². The molecule has 1 aromatic carbocycles. The molecule has 0 fully saturated rings. The van der Waals surface area contributed by atoms with Crippen LogP contribution in [-0.2, 0) is 6.42 Å². The van der Waals surface area contributed by atoms with Gasteiger partial charge in [-0.3, -0.25) is 4.98 Å². The van der Waals surface area contributed by atoms with Gasteiger partial charge >= 0.3 is 0 Å². The molecule has 2 aromatic rings. The maximum absolute atomic E-state index is 6.02. The Morgan fingerprint density at radius 2 is 1.94 bits per heavy atom. The summed E-state index contributed by atoms with van der Waals surface area (Å²) in [5.74, 6) is 0. The van der Waals surface area contributed by atoms with Crippen molar-refractivity contribution < 1.29 is 0 Å². The first-order chi connectivity index (χ1) is 7.44. The smallest absolute Gasteiger partial charge is 0.0379 e. The summed E-state index contributed by atoms with van der Waals surface area (Å²) in [6.45, 7) is 6.10. The SMILES string of the molecule is Cc1cc2ccc(CC(C)(C)N)cc2cn1. The van der Waals surface area contributed by atoms with Gasteiger partial charge in [-0.25, -0.2) is 0 Å². The minimum atomic E-state index is -0.161. The van der Waals surface area contributed by atoms with Crippen LogP contribution in [0.5, 0.6) is 0 Å². The number of nitrogens with zero attached hydrogens (tertiary/aromatic N) is 1. The molecular weight excluding hydrogens is 196 g/mol. The first kappa shape index (κ1) is 11.1. The van der Waals surface area contributed by atoms with Gasteiger partial charge in [-0.1, -0.05) is 12.1 Å². The molecule has 1 heterocycles. The van der Waals surface area contributed by atoms with Crippen molar-refractivity contribution in [2.75, 3.05) is 0 Å². The van der Waals surface area contributed by atoms with Crippen LogP contribution in [0.1, 0.15) is 25.1 Å². The van der Waals surface area contributed by atoms with Gasteiger partial charge < -0.3 is 5.73 Å². The largest absolute Gasteiger partial charge is 0.325 e. The lowest BCUT2D eigenvalue weighted by atomic mass is 9.95. The number of pyridine rings is 1. The third kappa shape index (κ3) is 2.58. The number of fused-ring (bicyclic) bond motifs is 1. The quantitative estimate of drug-likeness (QED) is 0.835. The zero-order valence-electron chi connectivity index (χ0n) is 10.1. The van der Waals surface area contributed by atoms with E-state index in [9.17, 15) is 0 Å². The van der Waals surface area contributed by atoms with E-state index in [4.69, 9.17) is 5.73 Å². The summed E-state index contributed by atoms with van der Waals surface area (Å²) < 4.78 is 0. The normalized spacial score (nSPS) is 12.0. The summed E-state index contributed by atoms with van der Waals surface area (Å²) >= 11 is 0. The van der Waals surface area contributed by atoms with Crippen LogP contribution in [-0.4, -0.2) is 10.5 Å². The van der Waals surface area contributed by atoms with Gasteiger partial charge in [0.2, 0.25) is 0 Å². The second-order valence-electron chi connectivity index (χ2n) is 5.17. The lowest BCUT2D eigenvalue weighted by Crippen LogP contribution is -2.34. The number of hydrogen-bond acceptors (Lipinski definition) is 2. The van der Waals surface area contributed by atoms with Crippen LogP contribution in [0.15, 0.2) is 30.5 Å². The second-order valence-corrected chi connectivity index (χ2v) is 5.17. The topological polar surface area (TPSA) is 38.9 Å². The van der Waals surface area contributed by atoms with Crippen LogP contribution >= 0.6 is 0 Å². The molecule has 2 nitrogen and oxygen atoms in total. The zero-order chi connectivity index (χ0) is 11.8. The first-order valence-electron chi connectivity index (χ1n) is 5.58. The highest BCUT2D eigenvalue weighted by atomic mass is 14.7. The molecule has 0 radical (unpaired) electrons. The minimum absolute atomic E-state index is 0.161. The molecule has 84 valence electrons. The van der Waals surface area contributed by atoms with Crippen LogP contribution in [0.25, 0.3) is 10.8 Å². The molecule has 0 amide bonds.